The molecule has 4 aromatic rings. The number of nitrogens with one attached hydrogen (secondary N) is 1. The Hall–Kier alpha value is -2.67. The van der Waals surface area contributed by atoms with Gasteiger partial charge in [0.15, 0.2) is 0 Å². The first kappa shape index (κ1) is 19.3. The molecular formula is C24H21N3OS2. The molecule has 3 aromatic carbocycles. The number of anilines is 2. The summed E-state index contributed by atoms with van der Waals surface area (Å²) < 4.78 is 11.2. The van der Waals surface area contributed by atoms with E-state index in [0.29, 0.717) is 0 Å². The highest BCUT2D eigenvalue weighted by Gasteiger charge is 2.12. The zero-order chi connectivity index (χ0) is 20.2. The van der Waals surface area contributed by atoms with E-state index in [-0.39, 0.29) is 0 Å². The maximum absolute atomic E-state index is 5.40. The van der Waals surface area contributed by atoms with Crippen molar-refractivity contribution < 1.29 is 4.74 Å². The molecule has 0 spiro atoms. The van der Waals surface area contributed by atoms with Crippen LogP contribution in [0.4, 0.5) is 11.4 Å². The summed E-state index contributed by atoms with van der Waals surface area (Å²) in [4.78, 5) is 5.81. The van der Waals surface area contributed by atoms with Gasteiger partial charge < -0.3 is 13.8 Å². The van der Waals surface area contributed by atoms with Gasteiger partial charge in [-0.25, -0.2) is 0 Å². The maximum Gasteiger partial charge on any atom is 0.112 e. The molecule has 30 heavy (non-hydrogen) atoms. The Labute approximate surface area is 184 Å². The van der Waals surface area contributed by atoms with E-state index in [9.17, 15) is 0 Å². The Morgan fingerprint density at radius 2 is 1.87 bits per heavy atom. The number of benzene rings is 3. The van der Waals surface area contributed by atoms with Crippen molar-refractivity contribution in [1.82, 2.24) is 4.98 Å². The van der Waals surface area contributed by atoms with Crippen LogP contribution in [0, 0.1) is 0 Å². The summed E-state index contributed by atoms with van der Waals surface area (Å²) in [5.74, 6) is 0.722. The van der Waals surface area contributed by atoms with Gasteiger partial charge in [0.1, 0.15) is 5.94 Å². The van der Waals surface area contributed by atoms with Crippen LogP contribution in [0.5, 0.6) is 0 Å². The van der Waals surface area contributed by atoms with Crippen molar-refractivity contribution in [3.63, 3.8) is 0 Å². The molecule has 0 unspecified atom stereocenters. The molecule has 0 saturated carbocycles. The van der Waals surface area contributed by atoms with Crippen molar-refractivity contribution >= 4 is 46.0 Å². The highest BCUT2D eigenvalue weighted by atomic mass is 32.2. The lowest BCUT2D eigenvalue weighted by atomic mass is 10.0. The molecule has 0 radical (unpaired) electrons. The van der Waals surface area contributed by atoms with Crippen LogP contribution in [0.1, 0.15) is 0 Å². The number of hydrogen-bond acceptors (Lipinski definition) is 6. The smallest absolute Gasteiger partial charge is 0.112 e. The molecule has 2 heterocycles. The molecule has 1 fully saturated rings. The molecule has 0 bridgehead atoms. The Balaban J connectivity index is 1.30. The summed E-state index contributed by atoms with van der Waals surface area (Å²) in [5.41, 5.74) is 4.39. The van der Waals surface area contributed by atoms with E-state index >= 15 is 0 Å². The molecule has 0 atom stereocenters. The SMILES string of the molecule is c1cc(NSc2ccc(N3CCOCS3)cc2)cc(-c2nccc3ccccc23)c1. The number of ether oxygens (including phenoxy) is 1. The molecule has 150 valence electrons. The molecule has 6 heteroatoms. The van der Waals surface area contributed by atoms with E-state index in [0.717, 1.165) is 36.0 Å². The van der Waals surface area contributed by atoms with Gasteiger partial charge in [0, 0.05) is 33.4 Å². The van der Waals surface area contributed by atoms with Gasteiger partial charge in [-0.05, 0) is 71.7 Å². The second-order valence-electron chi connectivity index (χ2n) is 6.92. The monoisotopic (exact) mass is 431 g/mol. The van der Waals surface area contributed by atoms with Crippen LogP contribution in [0.15, 0.2) is 90.0 Å². The standard InChI is InChI=1S/C24H21N3OS2/c1-2-7-23-18(4-1)12-13-25-24(23)19-5-3-6-20(16-19)26-30-22-10-8-21(9-11-22)27-14-15-28-17-29-27/h1-13,16,26H,14-15,17H2. The summed E-state index contributed by atoms with van der Waals surface area (Å²) in [7, 11) is 0. The maximum atomic E-state index is 5.40. The summed E-state index contributed by atoms with van der Waals surface area (Å²) in [6.07, 6.45) is 1.88. The topological polar surface area (TPSA) is 37.4 Å². The first-order valence-corrected chi connectivity index (χ1v) is 11.6. The summed E-state index contributed by atoms with van der Waals surface area (Å²) in [5, 5.41) is 2.37. The highest BCUT2D eigenvalue weighted by Crippen LogP contribution is 2.31. The van der Waals surface area contributed by atoms with E-state index in [4.69, 9.17) is 4.74 Å². The molecule has 0 aliphatic carbocycles. The lowest BCUT2D eigenvalue weighted by molar-refractivity contribution is 0.184. The zero-order valence-corrected chi connectivity index (χ0v) is 18.0. The van der Waals surface area contributed by atoms with Gasteiger partial charge in [-0.3, -0.25) is 4.98 Å². The fraction of sp³-hybridized carbons (Fsp3) is 0.125. The molecule has 4 nitrogen and oxygen atoms in total. The van der Waals surface area contributed by atoms with Crippen LogP contribution in [0.3, 0.4) is 0 Å². The lowest BCUT2D eigenvalue weighted by Crippen LogP contribution is -2.26. The molecule has 1 aliphatic rings. The van der Waals surface area contributed by atoms with Crippen molar-refractivity contribution in [2.45, 2.75) is 4.90 Å². The van der Waals surface area contributed by atoms with Gasteiger partial charge in [-0.1, -0.05) is 36.4 Å². The minimum absolute atomic E-state index is 0.722. The second-order valence-corrected chi connectivity index (χ2v) is 8.73. The van der Waals surface area contributed by atoms with Crippen LogP contribution in [0.2, 0.25) is 0 Å². The molecule has 1 saturated heterocycles. The first-order valence-electron chi connectivity index (χ1n) is 9.82. The van der Waals surface area contributed by atoms with Crippen LogP contribution in [0.25, 0.3) is 22.0 Å². The number of aromatic nitrogens is 1. The van der Waals surface area contributed by atoms with Crippen molar-refractivity contribution in [1.29, 1.82) is 0 Å². The fourth-order valence-electron chi connectivity index (χ4n) is 3.45. The Morgan fingerprint density at radius 3 is 2.73 bits per heavy atom. The normalized spacial score (nSPS) is 14.1. The zero-order valence-electron chi connectivity index (χ0n) is 16.3. The van der Waals surface area contributed by atoms with E-state index in [1.165, 1.54) is 21.4 Å². The van der Waals surface area contributed by atoms with Crippen LogP contribution in [-0.2, 0) is 4.74 Å². The van der Waals surface area contributed by atoms with E-state index in [1.807, 2.05) is 6.20 Å². The summed E-state index contributed by atoms with van der Waals surface area (Å²) in [6.45, 7) is 1.71. The largest absolute Gasteiger partial charge is 0.367 e. The van der Waals surface area contributed by atoms with Crippen molar-refractivity contribution in [2.24, 2.45) is 0 Å². The fourth-order valence-corrected chi connectivity index (χ4v) is 4.88. The minimum atomic E-state index is 0.722. The summed E-state index contributed by atoms with van der Waals surface area (Å²) in [6, 6.07) is 27.5. The molecule has 1 aliphatic heterocycles. The third-order valence-corrected chi connectivity index (χ3v) is 6.77. The van der Waals surface area contributed by atoms with Gasteiger partial charge in [0.05, 0.1) is 18.8 Å². The Kier molecular flexibility index (Phi) is 5.79. The molecule has 5 rings (SSSR count). The average Bonchev–Trinajstić information content (AvgIpc) is 2.83. The molecule has 1 N–H and O–H groups in total. The van der Waals surface area contributed by atoms with Gasteiger partial charge in [-0.2, -0.15) is 0 Å². The molecule has 1 aromatic heterocycles. The number of hydrogen-bond donors (Lipinski definition) is 1. The van der Waals surface area contributed by atoms with Gasteiger partial charge in [-0.15, -0.1) is 0 Å². The quantitative estimate of drug-likeness (QED) is 0.365. The Bertz CT molecular complexity index is 1140. The Morgan fingerprint density at radius 1 is 0.967 bits per heavy atom. The predicted octanol–water partition coefficient (Wildman–Crippen LogP) is 6.46. The van der Waals surface area contributed by atoms with E-state index < -0.39 is 0 Å². The van der Waals surface area contributed by atoms with Crippen LogP contribution >= 0.6 is 23.9 Å². The average molecular weight is 432 g/mol. The highest BCUT2D eigenvalue weighted by molar-refractivity contribution is 8.00. The minimum Gasteiger partial charge on any atom is -0.367 e. The van der Waals surface area contributed by atoms with Crippen LogP contribution in [-0.4, -0.2) is 24.1 Å². The number of nitrogens with zero attached hydrogens (tertiary/aromatic N) is 2. The van der Waals surface area contributed by atoms with E-state index in [1.54, 1.807) is 23.9 Å². The van der Waals surface area contributed by atoms with Crippen molar-refractivity contribution in [3.05, 3.63) is 85.1 Å². The van der Waals surface area contributed by atoms with Gasteiger partial charge in [0.25, 0.3) is 0 Å². The predicted molar refractivity (Wildman–Crippen MR) is 129 cm³/mol. The third kappa shape index (κ3) is 4.26. The second kappa shape index (κ2) is 9.00. The van der Waals surface area contributed by atoms with Gasteiger partial charge in [0.2, 0.25) is 0 Å². The van der Waals surface area contributed by atoms with Gasteiger partial charge >= 0.3 is 0 Å². The third-order valence-electron chi connectivity index (χ3n) is 4.95. The van der Waals surface area contributed by atoms with Crippen molar-refractivity contribution in [3.8, 4) is 11.3 Å². The molecule has 0 amide bonds. The van der Waals surface area contributed by atoms with Crippen LogP contribution < -0.4 is 9.03 Å². The number of fused-ring (bicyclic) bond motifs is 1. The van der Waals surface area contributed by atoms with Crippen molar-refractivity contribution in [2.75, 3.05) is 28.1 Å². The lowest BCUT2D eigenvalue weighted by Gasteiger charge is -2.27. The first-order chi connectivity index (χ1) is 14.9. The van der Waals surface area contributed by atoms with E-state index in [2.05, 4.69) is 92.9 Å². The number of rotatable bonds is 5. The molecular weight excluding hydrogens is 410 g/mol. The summed E-state index contributed by atoms with van der Waals surface area (Å²) >= 11 is 3.33. The number of pyridine rings is 1.